The van der Waals surface area contributed by atoms with Crippen LogP contribution in [0, 0.1) is 0 Å². The fraction of sp³-hybridized carbons (Fsp3) is 0.400. The molecule has 2 atom stereocenters. The van der Waals surface area contributed by atoms with Crippen molar-refractivity contribution < 1.29 is 27.5 Å². The van der Waals surface area contributed by atoms with E-state index in [1.807, 2.05) is 18.2 Å². The normalized spacial score (nSPS) is 27.3. The number of furan rings is 1. The summed E-state index contributed by atoms with van der Waals surface area (Å²) < 4.78 is 40.9. The number of halogens is 2. The van der Waals surface area contributed by atoms with Crippen LogP contribution in [0.5, 0.6) is 0 Å². The number of benzene rings is 1. The van der Waals surface area contributed by atoms with Crippen molar-refractivity contribution in [2.45, 2.75) is 11.3 Å². The molecule has 0 saturated carbocycles. The maximum Gasteiger partial charge on any atom is 0.265 e. The second-order valence-corrected chi connectivity index (χ2v) is 7.20. The summed E-state index contributed by atoms with van der Waals surface area (Å²) in [4.78, 5) is 26.9. The van der Waals surface area contributed by atoms with Crippen molar-refractivity contribution >= 4 is 28.9 Å². The van der Waals surface area contributed by atoms with E-state index in [2.05, 4.69) is 0 Å². The van der Waals surface area contributed by atoms with Crippen molar-refractivity contribution in [1.29, 1.82) is 0 Å². The zero-order valence-electron chi connectivity index (χ0n) is 15.4. The van der Waals surface area contributed by atoms with Gasteiger partial charge in [-0.05, 0) is 18.2 Å². The Balaban J connectivity index is 1.46. The minimum absolute atomic E-state index is 0.118. The van der Waals surface area contributed by atoms with E-state index in [0.717, 1.165) is 15.2 Å². The lowest BCUT2D eigenvalue weighted by atomic mass is 9.93. The molecule has 0 bridgehead atoms. The number of hydrogen-bond acceptors (Lipinski definition) is 4. The average Bonchev–Trinajstić information content (AvgIpc) is 3.26. The predicted octanol–water partition coefficient (Wildman–Crippen LogP) is 2.19. The molecular formula is C20H20F2N2O4. The van der Waals surface area contributed by atoms with E-state index in [9.17, 15) is 9.59 Å². The molecule has 2 aliphatic rings. The van der Waals surface area contributed by atoms with Crippen LogP contribution in [0.4, 0.5) is 8.78 Å². The van der Waals surface area contributed by atoms with Gasteiger partial charge in [0.15, 0.2) is 5.67 Å². The number of fused-ring (bicyclic) bond motifs is 2. The Hall–Kier alpha value is -2.74. The summed E-state index contributed by atoms with van der Waals surface area (Å²) in [7, 11) is 1.45. The predicted molar refractivity (Wildman–Crippen MR) is 98.0 cm³/mol. The zero-order valence-corrected chi connectivity index (χ0v) is 15.4. The van der Waals surface area contributed by atoms with E-state index < -0.39 is 36.2 Å². The van der Waals surface area contributed by atoms with Gasteiger partial charge in [0.2, 0.25) is 11.6 Å². The first-order valence-corrected chi connectivity index (χ1v) is 8.98. The average molecular weight is 390 g/mol. The zero-order chi connectivity index (χ0) is 19.9. The molecule has 1 aromatic heterocycles. The van der Waals surface area contributed by atoms with Crippen LogP contribution in [-0.2, 0) is 14.3 Å². The van der Waals surface area contributed by atoms with Crippen LogP contribution in [0.15, 0.2) is 40.8 Å². The highest BCUT2D eigenvalue weighted by atomic mass is 19.2. The smallest absolute Gasteiger partial charge is 0.265 e. The van der Waals surface area contributed by atoms with Crippen molar-refractivity contribution in [3.8, 4) is 0 Å². The van der Waals surface area contributed by atoms with Gasteiger partial charge in [-0.1, -0.05) is 18.2 Å². The fourth-order valence-electron chi connectivity index (χ4n) is 3.83. The number of rotatable bonds is 5. The largest absolute Gasteiger partial charge is 0.457 e. The first-order chi connectivity index (χ1) is 13.4. The topological polar surface area (TPSA) is 63.0 Å². The van der Waals surface area contributed by atoms with E-state index in [1.165, 1.54) is 19.3 Å². The summed E-state index contributed by atoms with van der Waals surface area (Å²) >= 11 is 0. The van der Waals surface area contributed by atoms with E-state index >= 15 is 8.78 Å². The lowest BCUT2D eigenvalue weighted by molar-refractivity contribution is -0.140. The Labute approximate surface area is 160 Å². The number of alkyl halides is 2. The summed E-state index contributed by atoms with van der Waals surface area (Å²) in [6.07, 6.45) is 2.66. The van der Waals surface area contributed by atoms with E-state index in [0.29, 0.717) is 11.3 Å². The lowest BCUT2D eigenvalue weighted by Gasteiger charge is -2.21. The van der Waals surface area contributed by atoms with Gasteiger partial charge in [0.25, 0.3) is 5.91 Å². The molecule has 2 saturated heterocycles. The molecule has 2 amide bonds. The van der Waals surface area contributed by atoms with Crippen LogP contribution >= 0.6 is 0 Å². The molecule has 4 rings (SSSR count). The first kappa shape index (κ1) is 18.6. The van der Waals surface area contributed by atoms with E-state index in [-0.39, 0.29) is 19.7 Å². The third kappa shape index (κ3) is 2.88. The Morgan fingerprint density at radius 2 is 2.07 bits per heavy atom. The molecule has 0 N–H and O–H groups in total. The second kappa shape index (κ2) is 6.70. The Kier molecular flexibility index (Phi) is 4.45. The molecule has 0 unspecified atom stereocenters. The van der Waals surface area contributed by atoms with Crippen molar-refractivity contribution in [1.82, 2.24) is 9.80 Å². The minimum atomic E-state index is -2.72. The molecular weight excluding hydrogens is 370 g/mol. The molecule has 28 heavy (non-hydrogen) atoms. The van der Waals surface area contributed by atoms with Gasteiger partial charge in [-0.3, -0.25) is 9.59 Å². The highest BCUT2D eigenvalue weighted by Gasteiger charge is 2.71. The molecule has 148 valence electrons. The molecule has 2 aromatic rings. The summed E-state index contributed by atoms with van der Waals surface area (Å²) in [5.41, 5.74) is -4.46. The highest BCUT2D eigenvalue weighted by molar-refractivity contribution is 5.96. The SMILES string of the molecule is COCCN1C[C@@]2(F)CN(C(=O)/C=C/c3cc4ccccc4o3)C[C@@]2(F)C1=O. The van der Waals surface area contributed by atoms with Crippen molar-refractivity contribution in [3.63, 3.8) is 0 Å². The van der Waals surface area contributed by atoms with Gasteiger partial charge in [0.1, 0.15) is 11.3 Å². The van der Waals surface area contributed by atoms with Gasteiger partial charge < -0.3 is 19.0 Å². The maximum atomic E-state index is 15.2. The van der Waals surface area contributed by atoms with Gasteiger partial charge in [-0.15, -0.1) is 0 Å². The monoisotopic (exact) mass is 390 g/mol. The van der Waals surface area contributed by atoms with Crippen molar-refractivity contribution in [2.24, 2.45) is 0 Å². The van der Waals surface area contributed by atoms with Gasteiger partial charge >= 0.3 is 0 Å². The third-order valence-electron chi connectivity index (χ3n) is 5.34. The summed E-state index contributed by atoms with van der Waals surface area (Å²) in [5, 5.41) is 0.887. The van der Waals surface area contributed by atoms with Gasteiger partial charge in [-0.2, -0.15) is 0 Å². The van der Waals surface area contributed by atoms with Crippen molar-refractivity contribution in [2.75, 3.05) is 39.9 Å². The Morgan fingerprint density at radius 3 is 2.79 bits per heavy atom. The number of carbonyl (C=O) groups is 2. The first-order valence-electron chi connectivity index (χ1n) is 8.98. The fourth-order valence-corrected chi connectivity index (χ4v) is 3.83. The molecule has 0 radical (unpaired) electrons. The summed E-state index contributed by atoms with van der Waals surface area (Å²) in [6, 6.07) is 9.15. The quantitative estimate of drug-likeness (QED) is 0.735. The van der Waals surface area contributed by atoms with Crippen LogP contribution in [0.2, 0.25) is 0 Å². The van der Waals surface area contributed by atoms with Gasteiger partial charge in [0, 0.05) is 25.1 Å². The van der Waals surface area contributed by atoms with Gasteiger partial charge in [-0.25, -0.2) is 8.78 Å². The number of carbonyl (C=O) groups excluding carboxylic acids is 2. The van der Waals surface area contributed by atoms with Crippen molar-refractivity contribution in [3.05, 3.63) is 42.2 Å². The standard InChI is InChI=1S/C20H20F2N2O4/c1-27-9-8-23-11-19(21)12-24(13-20(19,22)18(23)26)17(25)7-6-15-10-14-4-2-3-5-16(14)28-15/h2-7,10H,8-9,11-13H2,1H3/b7-6+/t19-,20-/m1/s1. The van der Waals surface area contributed by atoms with Crippen LogP contribution < -0.4 is 0 Å². The second-order valence-electron chi connectivity index (χ2n) is 7.20. The number of ether oxygens (including phenoxy) is 1. The number of para-hydroxylation sites is 1. The number of amides is 2. The molecule has 2 aliphatic heterocycles. The number of nitrogens with zero attached hydrogens (tertiary/aromatic N) is 2. The van der Waals surface area contributed by atoms with Gasteiger partial charge in [0.05, 0.1) is 26.2 Å². The Bertz CT molecular complexity index is 926. The molecule has 2 fully saturated rings. The molecule has 6 nitrogen and oxygen atoms in total. The van der Waals surface area contributed by atoms with Crippen LogP contribution in [0.3, 0.4) is 0 Å². The molecule has 3 heterocycles. The molecule has 8 heteroatoms. The minimum Gasteiger partial charge on any atom is -0.457 e. The van der Waals surface area contributed by atoms with Crippen LogP contribution in [0.25, 0.3) is 17.0 Å². The molecule has 0 aliphatic carbocycles. The Morgan fingerprint density at radius 1 is 1.29 bits per heavy atom. The van der Waals surface area contributed by atoms with E-state index in [4.69, 9.17) is 9.15 Å². The summed E-state index contributed by atoms with van der Waals surface area (Å²) in [6.45, 7) is -1.15. The third-order valence-corrected chi connectivity index (χ3v) is 5.34. The number of likely N-dealkylation sites (tertiary alicyclic amines) is 2. The number of hydrogen-bond donors (Lipinski definition) is 0. The van der Waals surface area contributed by atoms with E-state index in [1.54, 1.807) is 12.1 Å². The lowest BCUT2D eigenvalue weighted by Crippen LogP contribution is -2.47. The maximum absolute atomic E-state index is 15.2. The van der Waals surface area contributed by atoms with Crippen LogP contribution in [-0.4, -0.2) is 72.8 Å². The molecule has 0 spiro atoms. The van der Waals surface area contributed by atoms with Crippen LogP contribution in [0.1, 0.15) is 5.76 Å². The number of methoxy groups -OCH3 is 1. The summed E-state index contributed by atoms with van der Waals surface area (Å²) in [5.74, 6) is -1.04. The highest BCUT2D eigenvalue weighted by Crippen LogP contribution is 2.45. The molecule has 1 aromatic carbocycles.